The molecule has 0 unspecified atom stereocenters. The summed E-state index contributed by atoms with van der Waals surface area (Å²) in [4.78, 5) is 22.1. The van der Waals surface area contributed by atoms with Crippen LogP contribution >= 0.6 is 47.8 Å². The molecule has 1 rings (SSSR count). The second-order valence-corrected chi connectivity index (χ2v) is 5.49. The summed E-state index contributed by atoms with van der Waals surface area (Å²) < 4.78 is 2.13. The molecule has 0 aliphatic carbocycles. The van der Waals surface area contributed by atoms with Crippen molar-refractivity contribution in [2.75, 3.05) is 0 Å². The minimum atomic E-state index is -0.732. The minimum Gasteiger partial charge on any atom is -0.366 e. The van der Waals surface area contributed by atoms with Gasteiger partial charge in [-0.05, 0) is 53.9 Å². The summed E-state index contributed by atoms with van der Waals surface area (Å²) in [6.07, 6.45) is 1.00. The zero-order valence-corrected chi connectivity index (χ0v) is 13.1. The summed E-state index contributed by atoms with van der Waals surface area (Å²) in [5.41, 5.74) is 10.8. The summed E-state index contributed by atoms with van der Waals surface area (Å²) >= 11 is 9.95. The van der Waals surface area contributed by atoms with Crippen molar-refractivity contribution in [3.05, 3.63) is 37.2 Å². The summed E-state index contributed by atoms with van der Waals surface area (Å²) in [5, 5.41) is 0. The SMILES string of the molecule is NC(=O)/C=C(/C(N)=O)c1ccc(Br)c(Br)c1Br. The molecule has 0 aromatic heterocycles. The Kier molecular flexibility index (Phi) is 4.91. The summed E-state index contributed by atoms with van der Waals surface area (Å²) in [5.74, 6) is -1.46. The zero-order valence-electron chi connectivity index (χ0n) is 8.34. The molecule has 0 saturated carbocycles. The van der Waals surface area contributed by atoms with E-state index in [-0.39, 0.29) is 5.57 Å². The van der Waals surface area contributed by atoms with Crippen molar-refractivity contribution in [3.63, 3.8) is 0 Å². The predicted molar refractivity (Wildman–Crippen MR) is 75.9 cm³/mol. The first-order valence-corrected chi connectivity index (χ1v) is 6.67. The van der Waals surface area contributed by atoms with E-state index in [9.17, 15) is 9.59 Å². The molecule has 4 N–H and O–H groups in total. The highest BCUT2D eigenvalue weighted by molar-refractivity contribution is 9.14. The van der Waals surface area contributed by atoms with Crippen LogP contribution in [0.5, 0.6) is 0 Å². The minimum absolute atomic E-state index is 0.0533. The maximum atomic E-state index is 11.3. The lowest BCUT2D eigenvalue weighted by molar-refractivity contribution is -0.115. The first kappa shape index (κ1) is 14.4. The van der Waals surface area contributed by atoms with Gasteiger partial charge in [0.25, 0.3) is 0 Å². The van der Waals surface area contributed by atoms with E-state index in [0.29, 0.717) is 14.5 Å². The van der Waals surface area contributed by atoms with Gasteiger partial charge in [0.05, 0.1) is 5.57 Å². The molecule has 0 spiro atoms. The van der Waals surface area contributed by atoms with Crippen LogP contribution < -0.4 is 11.5 Å². The van der Waals surface area contributed by atoms with Gasteiger partial charge in [-0.1, -0.05) is 6.07 Å². The van der Waals surface area contributed by atoms with Crippen molar-refractivity contribution in [2.24, 2.45) is 11.5 Å². The molecule has 0 atom stereocenters. The summed E-state index contributed by atoms with van der Waals surface area (Å²) in [7, 11) is 0. The van der Waals surface area contributed by atoms with Gasteiger partial charge in [-0.15, -0.1) is 0 Å². The Bertz CT molecular complexity index is 527. The molecule has 4 nitrogen and oxygen atoms in total. The molecule has 0 aliphatic rings. The van der Waals surface area contributed by atoms with E-state index in [2.05, 4.69) is 47.8 Å². The molecule has 2 amide bonds. The van der Waals surface area contributed by atoms with Crippen molar-refractivity contribution in [1.29, 1.82) is 0 Å². The molecule has 90 valence electrons. The van der Waals surface area contributed by atoms with Crippen LogP contribution in [0.15, 0.2) is 31.6 Å². The number of carbonyl (C=O) groups excluding carboxylic acids is 2. The number of amides is 2. The Balaban J connectivity index is 3.45. The number of primary amides is 2. The van der Waals surface area contributed by atoms with Crippen molar-refractivity contribution >= 4 is 65.2 Å². The van der Waals surface area contributed by atoms with Crippen LogP contribution in [-0.2, 0) is 9.59 Å². The quantitative estimate of drug-likeness (QED) is 0.574. The van der Waals surface area contributed by atoms with Crippen molar-refractivity contribution < 1.29 is 9.59 Å². The standard InChI is InChI=1S/C10H7Br3N2O2/c11-6-2-1-4(8(12)9(6)13)5(10(15)17)3-7(14)16/h1-3H,(H2,14,16)(H2,15,17)/b5-3+. The van der Waals surface area contributed by atoms with Crippen LogP contribution in [0.1, 0.15) is 5.56 Å². The first-order valence-electron chi connectivity index (χ1n) is 4.29. The third kappa shape index (κ3) is 3.40. The van der Waals surface area contributed by atoms with E-state index >= 15 is 0 Å². The van der Waals surface area contributed by atoms with E-state index < -0.39 is 11.8 Å². The van der Waals surface area contributed by atoms with Gasteiger partial charge < -0.3 is 11.5 Å². The molecule has 1 aromatic carbocycles. The predicted octanol–water partition coefficient (Wildman–Crippen LogP) is 2.33. The summed E-state index contributed by atoms with van der Waals surface area (Å²) in [6.45, 7) is 0. The number of hydrogen-bond acceptors (Lipinski definition) is 2. The van der Waals surface area contributed by atoms with Crippen LogP contribution in [0.4, 0.5) is 0 Å². The van der Waals surface area contributed by atoms with Gasteiger partial charge in [0.1, 0.15) is 0 Å². The lowest BCUT2D eigenvalue weighted by atomic mass is 10.1. The Hall–Kier alpha value is -0.660. The highest BCUT2D eigenvalue weighted by Gasteiger charge is 2.16. The molecule has 0 aliphatic heterocycles. The van der Waals surface area contributed by atoms with E-state index in [1.807, 2.05) is 0 Å². The maximum Gasteiger partial charge on any atom is 0.249 e. The fourth-order valence-corrected chi connectivity index (χ4v) is 2.66. The Labute approximate surface area is 123 Å². The van der Waals surface area contributed by atoms with Crippen molar-refractivity contribution in [2.45, 2.75) is 0 Å². The molecule has 0 fully saturated rings. The fraction of sp³-hybridized carbons (Fsp3) is 0. The van der Waals surface area contributed by atoms with Gasteiger partial charge in [-0.2, -0.15) is 0 Å². The Morgan fingerprint density at radius 3 is 2.12 bits per heavy atom. The number of rotatable bonds is 3. The van der Waals surface area contributed by atoms with Gasteiger partial charge in [0.15, 0.2) is 0 Å². The number of benzene rings is 1. The molecule has 0 bridgehead atoms. The molecular weight excluding hydrogens is 420 g/mol. The molecule has 0 heterocycles. The van der Waals surface area contributed by atoms with Crippen LogP contribution in [0, 0.1) is 0 Å². The number of nitrogens with two attached hydrogens (primary N) is 2. The van der Waals surface area contributed by atoms with Gasteiger partial charge in [0.2, 0.25) is 11.8 Å². The lowest BCUT2D eigenvalue weighted by Gasteiger charge is -2.09. The number of carbonyl (C=O) groups is 2. The van der Waals surface area contributed by atoms with Gasteiger partial charge in [0, 0.05) is 25.1 Å². The van der Waals surface area contributed by atoms with Gasteiger partial charge >= 0.3 is 0 Å². The Morgan fingerprint density at radius 1 is 1.06 bits per heavy atom. The zero-order chi connectivity index (χ0) is 13.2. The second-order valence-electron chi connectivity index (χ2n) is 3.05. The fourth-order valence-electron chi connectivity index (χ4n) is 1.16. The molecule has 0 radical (unpaired) electrons. The van der Waals surface area contributed by atoms with E-state index in [0.717, 1.165) is 10.5 Å². The van der Waals surface area contributed by atoms with Crippen molar-refractivity contribution in [1.82, 2.24) is 0 Å². The van der Waals surface area contributed by atoms with E-state index in [4.69, 9.17) is 11.5 Å². The monoisotopic (exact) mass is 424 g/mol. The molecule has 1 aromatic rings. The summed E-state index contributed by atoms with van der Waals surface area (Å²) in [6, 6.07) is 3.38. The normalized spacial score (nSPS) is 11.4. The van der Waals surface area contributed by atoms with Crippen LogP contribution in [0.3, 0.4) is 0 Å². The van der Waals surface area contributed by atoms with E-state index in [1.54, 1.807) is 12.1 Å². The van der Waals surface area contributed by atoms with Crippen LogP contribution in [0.25, 0.3) is 5.57 Å². The average Bonchev–Trinajstić information content (AvgIpc) is 2.23. The maximum absolute atomic E-state index is 11.3. The number of hydrogen-bond donors (Lipinski definition) is 2. The van der Waals surface area contributed by atoms with Crippen LogP contribution in [0.2, 0.25) is 0 Å². The smallest absolute Gasteiger partial charge is 0.249 e. The Morgan fingerprint density at radius 2 is 1.65 bits per heavy atom. The third-order valence-corrected chi connectivity index (χ3v) is 5.25. The molecule has 17 heavy (non-hydrogen) atoms. The van der Waals surface area contributed by atoms with Crippen LogP contribution in [-0.4, -0.2) is 11.8 Å². The van der Waals surface area contributed by atoms with Gasteiger partial charge in [-0.3, -0.25) is 9.59 Å². The average molecular weight is 427 g/mol. The number of halogens is 3. The topological polar surface area (TPSA) is 86.2 Å². The largest absolute Gasteiger partial charge is 0.366 e. The molecular formula is C10H7Br3N2O2. The highest BCUT2D eigenvalue weighted by atomic mass is 79.9. The lowest BCUT2D eigenvalue weighted by Crippen LogP contribution is -2.17. The second kappa shape index (κ2) is 5.79. The van der Waals surface area contributed by atoms with E-state index in [1.165, 1.54) is 0 Å². The highest BCUT2D eigenvalue weighted by Crippen LogP contribution is 2.36. The first-order chi connectivity index (χ1) is 7.84. The molecule has 0 saturated heterocycles. The molecule has 7 heteroatoms. The third-order valence-electron chi connectivity index (χ3n) is 1.88. The van der Waals surface area contributed by atoms with Gasteiger partial charge in [-0.25, -0.2) is 0 Å². The van der Waals surface area contributed by atoms with Crippen molar-refractivity contribution in [3.8, 4) is 0 Å².